The first kappa shape index (κ1) is 22.7. The molecule has 9 heteroatoms. The number of nitrogens with zero attached hydrogens (tertiary/aromatic N) is 1. The zero-order valence-corrected chi connectivity index (χ0v) is 19.3. The van der Waals surface area contributed by atoms with E-state index in [0.29, 0.717) is 10.6 Å². The Morgan fingerprint density at radius 3 is 2.21 bits per heavy atom. The van der Waals surface area contributed by atoms with Gasteiger partial charge in [-0.1, -0.05) is 35.9 Å². The Morgan fingerprint density at radius 1 is 1.03 bits per heavy atom. The maximum absolute atomic E-state index is 13.0. The molecule has 0 radical (unpaired) electrons. The lowest BCUT2D eigenvalue weighted by molar-refractivity contribution is -0.119. The number of imide groups is 1. The van der Waals surface area contributed by atoms with Crippen molar-refractivity contribution in [3.05, 3.63) is 75.6 Å². The number of thiophene rings is 1. The van der Waals surface area contributed by atoms with E-state index in [9.17, 15) is 19.2 Å². The van der Waals surface area contributed by atoms with Gasteiger partial charge in [-0.2, -0.15) is 0 Å². The lowest BCUT2D eigenvalue weighted by Crippen LogP contribution is -2.45. The Labute approximate surface area is 198 Å². The van der Waals surface area contributed by atoms with E-state index in [-0.39, 0.29) is 28.3 Å². The summed E-state index contributed by atoms with van der Waals surface area (Å²) in [5, 5.41) is 5.26. The van der Waals surface area contributed by atoms with E-state index in [1.807, 2.05) is 0 Å². The number of halogens is 1. The molecule has 0 saturated heterocycles. The average Bonchev–Trinajstić information content (AvgIpc) is 3.33. The molecule has 1 N–H and O–H groups in total. The Hall–Kier alpha value is -3.49. The smallest absolute Gasteiger partial charge is 0.341 e. The van der Waals surface area contributed by atoms with Crippen LogP contribution in [0.25, 0.3) is 11.1 Å². The van der Waals surface area contributed by atoms with E-state index >= 15 is 0 Å². The second kappa shape index (κ2) is 9.17. The van der Waals surface area contributed by atoms with Gasteiger partial charge in [-0.3, -0.25) is 19.3 Å². The molecule has 1 aliphatic rings. The summed E-state index contributed by atoms with van der Waals surface area (Å²) in [5.74, 6) is -2.25. The van der Waals surface area contributed by atoms with E-state index in [0.717, 1.165) is 21.8 Å². The molecule has 3 amide bonds. The molecule has 1 unspecified atom stereocenters. The molecule has 4 rings (SSSR count). The fourth-order valence-corrected chi connectivity index (χ4v) is 4.68. The number of benzene rings is 2. The van der Waals surface area contributed by atoms with Crippen molar-refractivity contribution < 1.29 is 23.9 Å². The second-order valence-corrected chi connectivity index (χ2v) is 8.59. The maximum Gasteiger partial charge on any atom is 0.341 e. The van der Waals surface area contributed by atoms with Gasteiger partial charge in [-0.15, -0.1) is 11.3 Å². The van der Waals surface area contributed by atoms with Crippen molar-refractivity contribution >= 4 is 51.6 Å². The van der Waals surface area contributed by atoms with Crippen LogP contribution in [-0.4, -0.2) is 41.2 Å². The number of amides is 3. The number of ether oxygens (including phenoxy) is 1. The zero-order valence-electron chi connectivity index (χ0n) is 17.8. The minimum Gasteiger partial charge on any atom is -0.462 e. The highest BCUT2D eigenvalue weighted by Gasteiger charge is 2.41. The molecular formula is C24H19ClN2O5S. The number of carbonyl (C=O) groups excluding carboxylic acids is 4. The fourth-order valence-electron chi connectivity index (χ4n) is 3.59. The van der Waals surface area contributed by atoms with Crippen molar-refractivity contribution in [1.29, 1.82) is 0 Å². The van der Waals surface area contributed by atoms with Gasteiger partial charge in [0.05, 0.1) is 17.7 Å². The van der Waals surface area contributed by atoms with Crippen molar-refractivity contribution in [2.24, 2.45) is 0 Å². The summed E-state index contributed by atoms with van der Waals surface area (Å²) in [6.07, 6.45) is 0. The first-order chi connectivity index (χ1) is 15.8. The highest BCUT2D eigenvalue weighted by molar-refractivity contribution is 7.15. The van der Waals surface area contributed by atoms with E-state index in [1.54, 1.807) is 60.8 Å². The zero-order chi connectivity index (χ0) is 23.7. The second-order valence-electron chi connectivity index (χ2n) is 7.27. The molecule has 3 aromatic rings. The number of carbonyl (C=O) groups is 4. The summed E-state index contributed by atoms with van der Waals surface area (Å²) in [4.78, 5) is 52.2. The number of hydrogen-bond acceptors (Lipinski definition) is 6. The number of hydrogen-bond donors (Lipinski definition) is 1. The van der Waals surface area contributed by atoms with Crippen LogP contribution >= 0.6 is 22.9 Å². The van der Waals surface area contributed by atoms with Crippen LogP contribution in [0.1, 0.15) is 44.9 Å². The molecule has 0 spiro atoms. The van der Waals surface area contributed by atoms with Crippen LogP contribution < -0.4 is 5.32 Å². The van der Waals surface area contributed by atoms with E-state index in [4.69, 9.17) is 16.3 Å². The van der Waals surface area contributed by atoms with Crippen LogP contribution in [0.5, 0.6) is 0 Å². The SMILES string of the molecule is CCOC(=O)c1c(-c2ccc(Cl)cc2)csc1NC(=O)C(C)N1C(=O)c2ccccc2C1=O. The van der Waals surface area contributed by atoms with Crippen LogP contribution in [0, 0.1) is 0 Å². The maximum atomic E-state index is 13.0. The summed E-state index contributed by atoms with van der Waals surface area (Å²) in [6.45, 7) is 3.32. The van der Waals surface area contributed by atoms with Crippen molar-refractivity contribution in [2.45, 2.75) is 19.9 Å². The summed E-state index contributed by atoms with van der Waals surface area (Å²) >= 11 is 7.13. The Bertz CT molecular complexity index is 1230. The molecule has 0 bridgehead atoms. The Kier molecular flexibility index (Phi) is 6.31. The molecule has 1 aliphatic heterocycles. The first-order valence-electron chi connectivity index (χ1n) is 10.2. The summed E-state index contributed by atoms with van der Waals surface area (Å²) in [5.41, 5.74) is 2.03. The van der Waals surface area contributed by atoms with Crippen LogP contribution in [0.3, 0.4) is 0 Å². The number of anilines is 1. The van der Waals surface area contributed by atoms with Gasteiger partial charge in [-0.25, -0.2) is 4.79 Å². The standard InChI is InChI=1S/C24H19ClN2O5S/c1-3-32-24(31)19-18(14-8-10-15(25)11-9-14)12-33-21(19)26-20(28)13(2)27-22(29)16-6-4-5-7-17(16)23(27)30/h4-13H,3H2,1-2H3,(H,26,28). The molecule has 1 aromatic heterocycles. The molecule has 7 nitrogen and oxygen atoms in total. The Morgan fingerprint density at radius 2 is 1.64 bits per heavy atom. The molecule has 33 heavy (non-hydrogen) atoms. The fraction of sp³-hybridized carbons (Fsp3) is 0.167. The number of rotatable bonds is 6. The van der Waals surface area contributed by atoms with Gasteiger partial charge in [0.15, 0.2) is 0 Å². The number of esters is 1. The van der Waals surface area contributed by atoms with Crippen molar-refractivity contribution in [3.63, 3.8) is 0 Å². The third-order valence-electron chi connectivity index (χ3n) is 5.25. The third-order valence-corrected chi connectivity index (χ3v) is 6.40. The molecule has 2 aromatic carbocycles. The highest BCUT2D eigenvalue weighted by Crippen LogP contribution is 2.37. The van der Waals surface area contributed by atoms with Gasteiger partial charge >= 0.3 is 5.97 Å². The predicted octanol–water partition coefficient (Wildman–Crippen LogP) is 4.87. The number of nitrogens with one attached hydrogen (secondary N) is 1. The molecule has 2 heterocycles. The first-order valence-corrected chi connectivity index (χ1v) is 11.4. The molecule has 0 aliphatic carbocycles. The van der Waals surface area contributed by atoms with Crippen molar-refractivity contribution in [1.82, 2.24) is 4.90 Å². The van der Waals surface area contributed by atoms with Crippen LogP contribution in [0.2, 0.25) is 5.02 Å². The summed E-state index contributed by atoms with van der Waals surface area (Å²) in [6, 6.07) is 12.3. The quantitative estimate of drug-likeness (QED) is 0.399. The van der Waals surface area contributed by atoms with Gasteiger partial charge in [0.1, 0.15) is 16.6 Å². The van der Waals surface area contributed by atoms with Crippen LogP contribution in [0.15, 0.2) is 53.9 Å². The lowest BCUT2D eigenvalue weighted by Gasteiger charge is -2.21. The van der Waals surface area contributed by atoms with Crippen LogP contribution in [-0.2, 0) is 9.53 Å². The van der Waals surface area contributed by atoms with E-state index < -0.39 is 29.7 Å². The summed E-state index contributed by atoms with van der Waals surface area (Å²) < 4.78 is 5.20. The largest absolute Gasteiger partial charge is 0.462 e. The van der Waals surface area contributed by atoms with Gasteiger partial charge < -0.3 is 10.1 Å². The van der Waals surface area contributed by atoms with Crippen molar-refractivity contribution in [2.75, 3.05) is 11.9 Å². The van der Waals surface area contributed by atoms with Gasteiger partial charge in [0.2, 0.25) is 5.91 Å². The normalized spacial score (nSPS) is 13.6. The lowest BCUT2D eigenvalue weighted by atomic mass is 10.0. The highest BCUT2D eigenvalue weighted by atomic mass is 35.5. The van der Waals surface area contributed by atoms with Gasteiger partial charge in [0.25, 0.3) is 11.8 Å². The average molecular weight is 483 g/mol. The topological polar surface area (TPSA) is 92.8 Å². The monoisotopic (exact) mass is 482 g/mol. The number of fused-ring (bicyclic) bond motifs is 1. The van der Waals surface area contributed by atoms with Gasteiger partial charge in [-0.05, 0) is 43.7 Å². The van der Waals surface area contributed by atoms with E-state index in [1.165, 1.54) is 6.92 Å². The van der Waals surface area contributed by atoms with Gasteiger partial charge in [0, 0.05) is 16.0 Å². The van der Waals surface area contributed by atoms with Crippen LogP contribution in [0.4, 0.5) is 5.00 Å². The summed E-state index contributed by atoms with van der Waals surface area (Å²) in [7, 11) is 0. The minimum absolute atomic E-state index is 0.160. The molecule has 1 atom stereocenters. The van der Waals surface area contributed by atoms with Crippen molar-refractivity contribution in [3.8, 4) is 11.1 Å². The minimum atomic E-state index is -1.09. The molecular weight excluding hydrogens is 464 g/mol. The Balaban J connectivity index is 1.63. The molecule has 168 valence electrons. The third kappa shape index (κ3) is 4.15. The molecule has 0 saturated carbocycles. The predicted molar refractivity (Wildman–Crippen MR) is 126 cm³/mol. The molecule has 0 fully saturated rings. The van der Waals surface area contributed by atoms with E-state index in [2.05, 4.69) is 5.32 Å².